The predicted molar refractivity (Wildman–Crippen MR) is 61.7 cm³/mol. The molecule has 0 spiro atoms. The van der Waals surface area contributed by atoms with E-state index >= 15 is 0 Å². The van der Waals surface area contributed by atoms with Gasteiger partial charge in [-0.25, -0.2) is 0 Å². The van der Waals surface area contributed by atoms with E-state index in [1.54, 1.807) is 0 Å². The molecule has 0 saturated heterocycles. The van der Waals surface area contributed by atoms with Crippen molar-refractivity contribution in [1.82, 2.24) is 0 Å². The minimum atomic E-state index is -1.83. The summed E-state index contributed by atoms with van der Waals surface area (Å²) >= 11 is 0. The molecule has 0 amide bonds. The van der Waals surface area contributed by atoms with Crippen molar-refractivity contribution in [3.05, 3.63) is 0 Å². The Morgan fingerprint density at radius 1 is 1.14 bits per heavy atom. The number of unbranched alkanes of at least 4 members (excludes halogenated alkanes) is 1. The van der Waals surface area contributed by atoms with Crippen LogP contribution in [0.5, 0.6) is 0 Å². The van der Waals surface area contributed by atoms with Gasteiger partial charge in [-0.3, -0.25) is 0 Å². The SMILES string of the molecule is CCCC[Si](OC)(OC)C1CCCC1. The largest absolute Gasteiger partial charge is 0.397 e. The molecule has 0 radical (unpaired) electrons. The summed E-state index contributed by atoms with van der Waals surface area (Å²) in [7, 11) is 1.87. The molecular formula is C11H24O2Si. The van der Waals surface area contributed by atoms with E-state index in [4.69, 9.17) is 8.85 Å². The molecule has 2 nitrogen and oxygen atoms in total. The first-order valence-electron chi connectivity index (χ1n) is 5.89. The lowest BCUT2D eigenvalue weighted by Gasteiger charge is -2.32. The van der Waals surface area contributed by atoms with Crippen LogP contribution in [-0.2, 0) is 8.85 Å². The predicted octanol–water partition coefficient (Wildman–Crippen LogP) is 3.47. The van der Waals surface area contributed by atoms with Crippen LogP contribution in [0, 0.1) is 0 Å². The molecule has 0 heterocycles. The summed E-state index contributed by atoms with van der Waals surface area (Å²) in [5.74, 6) is 0. The molecule has 0 atom stereocenters. The zero-order chi connectivity index (χ0) is 10.4. The number of hydrogen-bond donors (Lipinski definition) is 0. The van der Waals surface area contributed by atoms with E-state index in [9.17, 15) is 0 Å². The molecule has 1 aliphatic rings. The standard InChI is InChI=1S/C11H24O2Si/c1-4-5-10-14(12-2,13-3)11-8-6-7-9-11/h11H,4-10H2,1-3H3. The smallest absolute Gasteiger partial charge is 0.340 e. The summed E-state index contributed by atoms with van der Waals surface area (Å²) in [4.78, 5) is 0. The molecular weight excluding hydrogens is 192 g/mol. The van der Waals surface area contributed by atoms with Crippen molar-refractivity contribution >= 4 is 8.56 Å². The maximum atomic E-state index is 5.79. The van der Waals surface area contributed by atoms with Crippen molar-refractivity contribution in [3.63, 3.8) is 0 Å². The van der Waals surface area contributed by atoms with Gasteiger partial charge in [0.1, 0.15) is 0 Å². The Morgan fingerprint density at radius 2 is 1.71 bits per heavy atom. The average molecular weight is 216 g/mol. The first-order chi connectivity index (χ1) is 6.79. The fraction of sp³-hybridized carbons (Fsp3) is 1.00. The molecule has 0 aromatic rings. The summed E-state index contributed by atoms with van der Waals surface area (Å²) in [5.41, 5.74) is 0.754. The van der Waals surface area contributed by atoms with Gasteiger partial charge in [0.05, 0.1) is 0 Å². The van der Waals surface area contributed by atoms with E-state index in [0.29, 0.717) is 0 Å². The first-order valence-corrected chi connectivity index (χ1v) is 7.99. The van der Waals surface area contributed by atoms with Crippen molar-refractivity contribution in [2.75, 3.05) is 14.2 Å². The van der Waals surface area contributed by atoms with E-state index < -0.39 is 8.56 Å². The van der Waals surface area contributed by atoms with Gasteiger partial charge in [0, 0.05) is 19.8 Å². The molecule has 3 heteroatoms. The second-order valence-corrected chi connectivity index (χ2v) is 8.06. The van der Waals surface area contributed by atoms with E-state index in [-0.39, 0.29) is 0 Å². The van der Waals surface area contributed by atoms with E-state index in [2.05, 4.69) is 6.92 Å². The first kappa shape index (κ1) is 12.2. The molecule has 0 aromatic heterocycles. The van der Waals surface area contributed by atoms with Crippen molar-refractivity contribution in [3.8, 4) is 0 Å². The zero-order valence-corrected chi connectivity index (χ0v) is 10.8. The molecule has 0 aromatic carbocycles. The second kappa shape index (κ2) is 5.88. The Morgan fingerprint density at radius 3 is 2.14 bits per heavy atom. The molecule has 1 aliphatic carbocycles. The lowest BCUT2D eigenvalue weighted by Crippen LogP contribution is -2.44. The van der Waals surface area contributed by atoms with Crippen molar-refractivity contribution < 1.29 is 8.85 Å². The summed E-state index contributed by atoms with van der Waals surface area (Å²) in [6.45, 7) is 2.24. The van der Waals surface area contributed by atoms with Crippen molar-refractivity contribution in [2.45, 2.75) is 57.0 Å². The average Bonchev–Trinajstić information content (AvgIpc) is 2.74. The second-order valence-electron chi connectivity index (χ2n) is 4.31. The number of rotatable bonds is 6. The van der Waals surface area contributed by atoms with Gasteiger partial charge in [-0.1, -0.05) is 32.6 Å². The Kier molecular flexibility index (Phi) is 5.13. The molecule has 84 valence electrons. The molecule has 0 aliphatic heterocycles. The lowest BCUT2D eigenvalue weighted by atomic mass is 10.4. The molecule has 14 heavy (non-hydrogen) atoms. The van der Waals surface area contributed by atoms with Crippen LogP contribution in [0.4, 0.5) is 0 Å². The lowest BCUT2D eigenvalue weighted by molar-refractivity contribution is 0.226. The van der Waals surface area contributed by atoms with Gasteiger partial charge in [0.25, 0.3) is 0 Å². The van der Waals surface area contributed by atoms with Crippen LogP contribution in [0.1, 0.15) is 45.4 Å². The minimum Gasteiger partial charge on any atom is -0.397 e. The van der Waals surface area contributed by atoms with Crippen LogP contribution < -0.4 is 0 Å². The normalized spacial score (nSPS) is 19.1. The van der Waals surface area contributed by atoms with Gasteiger partial charge < -0.3 is 8.85 Å². The monoisotopic (exact) mass is 216 g/mol. The maximum absolute atomic E-state index is 5.79. The molecule has 0 N–H and O–H groups in total. The van der Waals surface area contributed by atoms with Crippen LogP contribution in [0.25, 0.3) is 0 Å². The summed E-state index contributed by atoms with van der Waals surface area (Å²) in [6.07, 6.45) is 7.91. The van der Waals surface area contributed by atoms with Crippen LogP contribution in [0.15, 0.2) is 0 Å². The molecule has 0 bridgehead atoms. The molecule has 1 fully saturated rings. The number of hydrogen-bond acceptors (Lipinski definition) is 2. The van der Waals surface area contributed by atoms with Crippen LogP contribution >= 0.6 is 0 Å². The summed E-state index contributed by atoms with van der Waals surface area (Å²) in [6, 6.07) is 1.18. The Hall–Kier alpha value is 0.137. The minimum absolute atomic E-state index is 0.754. The highest BCUT2D eigenvalue weighted by Gasteiger charge is 2.44. The van der Waals surface area contributed by atoms with Crippen LogP contribution in [-0.4, -0.2) is 22.8 Å². The van der Waals surface area contributed by atoms with Gasteiger partial charge in [-0.05, 0) is 18.9 Å². The van der Waals surface area contributed by atoms with E-state index in [0.717, 1.165) is 5.54 Å². The van der Waals surface area contributed by atoms with Crippen molar-refractivity contribution in [1.29, 1.82) is 0 Å². The Balaban J connectivity index is 2.57. The molecule has 0 unspecified atom stereocenters. The fourth-order valence-electron chi connectivity index (χ4n) is 2.61. The van der Waals surface area contributed by atoms with Gasteiger partial charge in [0.15, 0.2) is 0 Å². The Bertz CT molecular complexity index is 151. The third kappa shape index (κ3) is 2.58. The zero-order valence-electron chi connectivity index (χ0n) is 9.84. The van der Waals surface area contributed by atoms with Gasteiger partial charge in [-0.15, -0.1) is 0 Å². The highest BCUT2D eigenvalue weighted by atomic mass is 28.4. The maximum Gasteiger partial charge on any atom is 0.340 e. The summed E-state index contributed by atoms with van der Waals surface area (Å²) < 4.78 is 11.6. The van der Waals surface area contributed by atoms with E-state index in [1.807, 2.05) is 14.2 Å². The topological polar surface area (TPSA) is 18.5 Å². The van der Waals surface area contributed by atoms with Crippen molar-refractivity contribution in [2.24, 2.45) is 0 Å². The summed E-state index contributed by atoms with van der Waals surface area (Å²) in [5, 5.41) is 0. The van der Waals surface area contributed by atoms with Gasteiger partial charge >= 0.3 is 8.56 Å². The Labute approximate surface area is 89.2 Å². The van der Waals surface area contributed by atoms with Crippen LogP contribution in [0.3, 0.4) is 0 Å². The molecule has 1 saturated carbocycles. The van der Waals surface area contributed by atoms with E-state index in [1.165, 1.54) is 44.6 Å². The third-order valence-electron chi connectivity index (χ3n) is 3.55. The quantitative estimate of drug-likeness (QED) is 0.633. The third-order valence-corrected chi connectivity index (χ3v) is 7.80. The van der Waals surface area contributed by atoms with Crippen LogP contribution in [0.2, 0.25) is 11.6 Å². The van der Waals surface area contributed by atoms with Gasteiger partial charge in [-0.2, -0.15) is 0 Å². The molecule has 1 rings (SSSR count). The highest BCUT2D eigenvalue weighted by molar-refractivity contribution is 6.69. The van der Waals surface area contributed by atoms with Gasteiger partial charge in [0.2, 0.25) is 0 Å². The fourth-order valence-corrected chi connectivity index (χ4v) is 6.40. The highest BCUT2D eigenvalue weighted by Crippen LogP contribution is 2.41.